The van der Waals surface area contributed by atoms with Gasteiger partial charge in [0.15, 0.2) is 0 Å². The molecule has 118 valence electrons. The quantitative estimate of drug-likeness (QED) is 0.846. The fraction of sp³-hybridized carbons (Fsp3) is 0.733. The first kappa shape index (κ1) is 15.1. The summed E-state index contributed by atoms with van der Waals surface area (Å²) in [6, 6.07) is 2.55. The average molecular weight is 311 g/mol. The molecule has 0 saturated heterocycles. The summed E-state index contributed by atoms with van der Waals surface area (Å²) in [7, 11) is -1.64. The molecule has 2 saturated carbocycles. The number of nitrogens with zero attached hydrogens (tertiary/aromatic N) is 1. The molecule has 0 spiro atoms. The topological polar surface area (TPSA) is 65.2 Å². The van der Waals surface area contributed by atoms with E-state index in [2.05, 4.69) is 10.3 Å². The Morgan fingerprint density at radius 2 is 1.95 bits per heavy atom. The summed E-state index contributed by atoms with van der Waals surface area (Å²) < 4.78 is 26.9. The van der Waals surface area contributed by atoms with E-state index >= 15 is 0 Å². The smallest absolute Gasteiger partial charge is 0.244 e. The van der Waals surface area contributed by atoms with E-state index < -0.39 is 10.0 Å². The Morgan fingerprint density at radius 3 is 2.62 bits per heavy atom. The van der Waals surface area contributed by atoms with Gasteiger partial charge in [0.1, 0.15) is 0 Å². The summed E-state index contributed by atoms with van der Waals surface area (Å²) in [6.07, 6.45) is 9.55. The third kappa shape index (κ3) is 3.49. The van der Waals surface area contributed by atoms with Crippen LogP contribution in [0.3, 0.4) is 0 Å². The summed E-state index contributed by atoms with van der Waals surface area (Å²) in [6.45, 7) is 0.716. The fourth-order valence-corrected chi connectivity index (χ4v) is 4.45. The lowest BCUT2D eigenvalue weighted by atomic mass is 9.96. The number of rotatable bonds is 6. The van der Waals surface area contributed by atoms with Crippen LogP contribution in [-0.2, 0) is 16.6 Å². The van der Waals surface area contributed by atoms with Gasteiger partial charge in [0.25, 0.3) is 0 Å². The van der Waals surface area contributed by atoms with Crippen molar-refractivity contribution in [2.45, 2.75) is 68.5 Å². The molecule has 1 aromatic heterocycles. The molecule has 1 heterocycles. The predicted molar refractivity (Wildman–Crippen MR) is 82.5 cm³/mol. The highest BCUT2D eigenvalue weighted by molar-refractivity contribution is 7.89. The van der Waals surface area contributed by atoms with Crippen LogP contribution in [0.4, 0.5) is 0 Å². The van der Waals surface area contributed by atoms with Gasteiger partial charge in [-0.15, -0.1) is 0 Å². The molecule has 2 aliphatic carbocycles. The first-order valence-electron chi connectivity index (χ1n) is 7.96. The van der Waals surface area contributed by atoms with Gasteiger partial charge in [0.2, 0.25) is 10.0 Å². The monoisotopic (exact) mass is 311 g/mol. The van der Waals surface area contributed by atoms with Crippen molar-refractivity contribution in [1.82, 2.24) is 14.6 Å². The maximum Gasteiger partial charge on any atom is 0.244 e. The van der Waals surface area contributed by atoms with Crippen LogP contribution in [0.2, 0.25) is 0 Å². The maximum atomic E-state index is 12.7. The molecule has 0 bridgehead atoms. The predicted octanol–water partition coefficient (Wildman–Crippen LogP) is 2.22. The molecule has 0 atom stereocenters. The number of aromatic amines is 1. The van der Waals surface area contributed by atoms with Crippen LogP contribution in [0.1, 0.15) is 50.6 Å². The van der Waals surface area contributed by atoms with Gasteiger partial charge in [-0.1, -0.05) is 19.3 Å². The zero-order chi connectivity index (χ0) is 14.9. The molecule has 5 nitrogen and oxygen atoms in total. The number of hydrogen-bond acceptors (Lipinski definition) is 3. The molecule has 2 N–H and O–H groups in total. The lowest BCUT2D eigenvalue weighted by molar-refractivity contribution is 0.286. The van der Waals surface area contributed by atoms with Gasteiger partial charge >= 0.3 is 0 Å². The first-order valence-corrected chi connectivity index (χ1v) is 9.40. The molecule has 0 radical (unpaired) electrons. The normalized spacial score (nSPS) is 21.0. The molecular formula is C15H25N3O2S. The number of hydrogen-bond donors (Lipinski definition) is 2. The van der Waals surface area contributed by atoms with E-state index in [1.807, 2.05) is 0 Å². The molecule has 3 rings (SSSR count). The molecule has 0 aromatic carbocycles. The number of sulfonamides is 1. The Hall–Kier alpha value is -0.850. The van der Waals surface area contributed by atoms with Crippen molar-refractivity contribution >= 4 is 10.0 Å². The van der Waals surface area contributed by atoms with Gasteiger partial charge in [-0.2, -0.15) is 4.31 Å². The lowest BCUT2D eigenvalue weighted by Gasteiger charge is -2.30. The van der Waals surface area contributed by atoms with Crippen LogP contribution < -0.4 is 5.32 Å². The second kappa shape index (κ2) is 6.10. The third-order valence-electron chi connectivity index (χ3n) is 4.64. The van der Waals surface area contributed by atoms with Gasteiger partial charge in [-0.05, 0) is 31.7 Å². The van der Waals surface area contributed by atoms with Gasteiger partial charge in [-0.3, -0.25) is 0 Å². The minimum Gasteiger partial charge on any atom is -0.363 e. The molecule has 2 fully saturated rings. The maximum absolute atomic E-state index is 12.7. The van der Waals surface area contributed by atoms with Crippen molar-refractivity contribution in [3.63, 3.8) is 0 Å². The van der Waals surface area contributed by atoms with E-state index in [9.17, 15) is 8.42 Å². The van der Waals surface area contributed by atoms with E-state index in [-0.39, 0.29) is 6.04 Å². The number of aromatic nitrogens is 1. The van der Waals surface area contributed by atoms with E-state index in [1.165, 1.54) is 19.3 Å². The van der Waals surface area contributed by atoms with Crippen molar-refractivity contribution in [2.75, 3.05) is 7.05 Å². The standard InChI is InChI=1S/C15H25N3O2S/c1-18(14-5-3-2-4-6-14)21(19,20)15-9-13(17-11-15)10-16-12-7-8-12/h9,11-12,14,16-17H,2-8,10H2,1H3. The zero-order valence-electron chi connectivity index (χ0n) is 12.6. The molecule has 6 heteroatoms. The largest absolute Gasteiger partial charge is 0.363 e. The molecule has 1 aromatic rings. The summed E-state index contributed by atoms with van der Waals surface area (Å²) in [4.78, 5) is 3.48. The van der Waals surface area contributed by atoms with E-state index in [0.29, 0.717) is 17.5 Å². The highest BCUT2D eigenvalue weighted by Gasteiger charge is 2.29. The Bertz CT molecular complexity index is 571. The second-order valence-electron chi connectivity index (χ2n) is 6.33. The molecular weight excluding hydrogens is 286 g/mol. The minimum atomic E-state index is -3.37. The van der Waals surface area contributed by atoms with Crippen LogP contribution in [0.5, 0.6) is 0 Å². The Balaban J connectivity index is 1.67. The van der Waals surface area contributed by atoms with Crippen LogP contribution in [0.15, 0.2) is 17.2 Å². The van der Waals surface area contributed by atoms with Crippen molar-refractivity contribution in [3.05, 3.63) is 18.0 Å². The van der Waals surface area contributed by atoms with Crippen molar-refractivity contribution in [2.24, 2.45) is 0 Å². The second-order valence-corrected chi connectivity index (χ2v) is 8.33. The number of nitrogens with one attached hydrogen (secondary N) is 2. The van der Waals surface area contributed by atoms with Gasteiger partial charge < -0.3 is 10.3 Å². The van der Waals surface area contributed by atoms with Crippen molar-refractivity contribution < 1.29 is 8.42 Å². The molecule has 0 aliphatic heterocycles. The third-order valence-corrected chi connectivity index (χ3v) is 6.53. The van der Waals surface area contributed by atoms with E-state index in [0.717, 1.165) is 31.4 Å². The summed E-state index contributed by atoms with van der Waals surface area (Å²) in [5.41, 5.74) is 0.942. The fourth-order valence-electron chi connectivity index (χ4n) is 3.02. The van der Waals surface area contributed by atoms with Gasteiger partial charge in [0.05, 0.1) is 4.90 Å². The summed E-state index contributed by atoms with van der Waals surface area (Å²) >= 11 is 0. The zero-order valence-corrected chi connectivity index (χ0v) is 13.5. The first-order chi connectivity index (χ1) is 10.1. The average Bonchev–Trinajstić information content (AvgIpc) is 3.21. The summed E-state index contributed by atoms with van der Waals surface area (Å²) in [5.74, 6) is 0. The van der Waals surface area contributed by atoms with E-state index in [4.69, 9.17) is 0 Å². The summed E-state index contributed by atoms with van der Waals surface area (Å²) in [5, 5.41) is 3.39. The molecule has 21 heavy (non-hydrogen) atoms. The Kier molecular flexibility index (Phi) is 4.38. The highest BCUT2D eigenvalue weighted by atomic mass is 32.2. The lowest BCUT2D eigenvalue weighted by Crippen LogP contribution is -2.38. The van der Waals surface area contributed by atoms with Crippen molar-refractivity contribution in [1.29, 1.82) is 0 Å². The Labute approximate surface area is 127 Å². The van der Waals surface area contributed by atoms with Crippen molar-refractivity contribution in [3.8, 4) is 0 Å². The van der Waals surface area contributed by atoms with Crippen LogP contribution in [0, 0.1) is 0 Å². The Morgan fingerprint density at radius 1 is 1.24 bits per heavy atom. The van der Waals surface area contributed by atoms with Gasteiger partial charge in [-0.25, -0.2) is 8.42 Å². The molecule has 2 aliphatic rings. The van der Waals surface area contributed by atoms with Crippen LogP contribution in [-0.4, -0.2) is 36.8 Å². The number of H-pyrrole nitrogens is 1. The SMILES string of the molecule is CN(C1CCCCC1)S(=O)(=O)c1c[nH]c(CNC2CC2)c1. The van der Waals surface area contributed by atoms with Crippen LogP contribution in [0.25, 0.3) is 0 Å². The minimum absolute atomic E-state index is 0.159. The molecule has 0 unspecified atom stereocenters. The van der Waals surface area contributed by atoms with Crippen LogP contribution >= 0.6 is 0 Å². The van der Waals surface area contributed by atoms with Gasteiger partial charge in [0, 0.05) is 37.6 Å². The molecule has 0 amide bonds. The van der Waals surface area contributed by atoms with E-state index in [1.54, 1.807) is 23.6 Å². The highest BCUT2D eigenvalue weighted by Crippen LogP contribution is 2.27.